The highest BCUT2D eigenvalue weighted by molar-refractivity contribution is 6.93. The molecule has 4 heteroatoms. The van der Waals surface area contributed by atoms with Crippen LogP contribution in [0, 0.1) is 0 Å². The number of benzene rings is 7. The molecule has 8 aromatic rings. The molecule has 0 saturated heterocycles. The van der Waals surface area contributed by atoms with Crippen molar-refractivity contribution in [2.75, 3.05) is 9.71 Å². The standard InChI is InChI=1S/C64H67BN2O/c1-59(2,3)40-24-25-51(43(31-40)38-20-14-13-15-21-38)66-52-35-45-44-34-47-48(62(9,10)29-28-61(47,7)8)36-54(44)68-55(45)37-50(52)65-57-53(66)30-39-22-16-17-23-42(39)56(57)46-32-41(60(4,5)6)33-49-58(46)67(65)64(12)27-19-18-26-63(49,64)11/h13-17,20-25,30-37H,18-19,26-29H2,1-12H3. The Hall–Kier alpha value is -5.74. The van der Waals surface area contributed by atoms with Crippen molar-refractivity contribution in [2.45, 2.75) is 154 Å². The minimum Gasteiger partial charge on any atom is -0.456 e. The fraction of sp³-hybridized carbons (Fsp3) is 0.375. The predicted octanol–water partition coefficient (Wildman–Crippen LogP) is 16.3. The summed E-state index contributed by atoms with van der Waals surface area (Å²) < 4.78 is 7.25. The second-order valence-corrected chi connectivity index (χ2v) is 25.5. The average Bonchev–Trinajstić information content (AvgIpc) is 3.76. The largest absolute Gasteiger partial charge is 0.456 e. The third kappa shape index (κ3) is 5.55. The molecule has 5 aliphatic rings. The van der Waals surface area contributed by atoms with Crippen molar-refractivity contribution in [3.05, 3.63) is 143 Å². The second-order valence-electron chi connectivity index (χ2n) is 25.5. The van der Waals surface area contributed by atoms with Crippen molar-refractivity contribution in [1.82, 2.24) is 0 Å². The lowest BCUT2D eigenvalue weighted by atomic mass is 9.42. The maximum atomic E-state index is 7.25. The first-order valence-corrected chi connectivity index (χ1v) is 25.8. The molecule has 1 aromatic heterocycles. The predicted molar refractivity (Wildman–Crippen MR) is 291 cm³/mol. The van der Waals surface area contributed by atoms with E-state index in [0.29, 0.717) is 0 Å². The quantitative estimate of drug-likeness (QED) is 0.161. The monoisotopic (exact) mass is 891 g/mol. The number of hydrogen-bond donors (Lipinski definition) is 0. The van der Waals surface area contributed by atoms with Crippen LogP contribution in [0.5, 0.6) is 0 Å². The molecular weight excluding hydrogens is 824 g/mol. The molecule has 1 fully saturated rings. The summed E-state index contributed by atoms with van der Waals surface area (Å²) in [7, 11) is 0. The Morgan fingerprint density at radius 1 is 0.529 bits per heavy atom. The third-order valence-corrected chi connectivity index (χ3v) is 18.5. The van der Waals surface area contributed by atoms with Crippen LogP contribution in [-0.2, 0) is 27.1 Å². The zero-order valence-electron chi connectivity index (χ0n) is 42.6. The molecule has 0 amide bonds. The van der Waals surface area contributed by atoms with Gasteiger partial charge >= 0.3 is 6.85 Å². The van der Waals surface area contributed by atoms with E-state index in [0.717, 1.165) is 17.6 Å². The Labute approximate surface area is 405 Å². The van der Waals surface area contributed by atoms with Crippen molar-refractivity contribution < 1.29 is 4.42 Å². The van der Waals surface area contributed by atoms with E-state index in [-0.39, 0.29) is 39.5 Å². The molecule has 68 heavy (non-hydrogen) atoms. The van der Waals surface area contributed by atoms with Crippen molar-refractivity contribution >= 4 is 73.2 Å². The van der Waals surface area contributed by atoms with Crippen molar-refractivity contribution in [2.24, 2.45) is 0 Å². The van der Waals surface area contributed by atoms with Crippen LogP contribution in [0.3, 0.4) is 0 Å². The van der Waals surface area contributed by atoms with Gasteiger partial charge in [0.25, 0.3) is 0 Å². The highest BCUT2D eigenvalue weighted by Crippen LogP contribution is 2.64. The molecule has 2 atom stereocenters. The molecule has 1 saturated carbocycles. The van der Waals surface area contributed by atoms with Crippen LogP contribution in [-0.4, -0.2) is 12.4 Å². The molecule has 7 aromatic carbocycles. The van der Waals surface area contributed by atoms with Crippen LogP contribution in [0.25, 0.3) is 55.0 Å². The Bertz CT molecular complexity index is 3490. The first-order chi connectivity index (χ1) is 32.2. The van der Waals surface area contributed by atoms with E-state index in [1.807, 2.05) is 0 Å². The summed E-state index contributed by atoms with van der Waals surface area (Å²) in [6.45, 7) is 29.2. The van der Waals surface area contributed by atoms with E-state index in [2.05, 4.69) is 208 Å². The first kappa shape index (κ1) is 42.4. The van der Waals surface area contributed by atoms with Gasteiger partial charge in [-0.05, 0) is 163 Å². The van der Waals surface area contributed by atoms with E-state index in [1.165, 1.54) is 132 Å². The van der Waals surface area contributed by atoms with Crippen LogP contribution in [0.4, 0.5) is 22.7 Å². The number of fused-ring (bicyclic) bond motifs is 13. The number of hydrogen-bond acceptors (Lipinski definition) is 3. The fourth-order valence-corrected chi connectivity index (χ4v) is 14.2. The van der Waals surface area contributed by atoms with Crippen LogP contribution in [0.15, 0.2) is 120 Å². The van der Waals surface area contributed by atoms with Crippen molar-refractivity contribution in [1.29, 1.82) is 0 Å². The summed E-state index contributed by atoms with van der Waals surface area (Å²) in [5.74, 6) is 0. The van der Waals surface area contributed by atoms with E-state index < -0.39 is 0 Å². The molecule has 13 rings (SSSR count). The van der Waals surface area contributed by atoms with Crippen LogP contribution >= 0.6 is 0 Å². The maximum absolute atomic E-state index is 7.25. The summed E-state index contributed by atoms with van der Waals surface area (Å²) >= 11 is 0. The first-order valence-electron chi connectivity index (χ1n) is 25.8. The van der Waals surface area contributed by atoms with Crippen LogP contribution < -0.4 is 20.6 Å². The van der Waals surface area contributed by atoms with E-state index in [1.54, 1.807) is 5.56 Å². The van der Waals surface area contributed by atoms with Crippen molar-refractivity contribution in [3.8, 4) is 22.3 Å². The Morgan fingerprint density at radius 3 is 1.91 bits per heavy atom. The Morgan fingerprint density at radius 2 is 1.18 bits per heavy atom. The number of nitrogens with zero attached hydrogens (tertiary/aromatic N) is 2. The van der Waals surface area contributed by atoms with Gasteiger partial charge in [0.2, 0.25) is 0 Å². The molecule has 0 N–H and O–H groups in total. The second kappa shape index (κ2) is 13.5. The van der Waals surface area contributed by atoms with Gasteiger partial charge in [0.05, 0.1) is 5.69 Å². The lowest BCUT2D eigenvalue weighted by Gasteiger charge is -2.55. The van der Waals surface area contributed by atoms with E-state index in [9.17, 15) is 0 Å². The molecule has 0 spiro atoms. The summed E-state index contributed by atoms with van der Waals surface area (Å²) in [5, 5.41) is 5.04. The zero-order chi connectivity index (χ0) is 47.2. The van der Waals surface area contributed by atoms with E-state index >= 15 is 0 Å². The number of furan rings is 1. The smallest absolute Gasteiger partial charge is 0.329 e. The number of anilines is 4. The summed E-state index contributed by atoms with van der Waals surface area (Å²) in [5.41, 5.74) is 22.5. The molecule has 342 valence electrons. The molecule has 3 aliphatic heterocycles. The lowest BCUT2D eigenvalue weighted by molar-refractivity contribution is 0.199. The number of rotatable bonds is 2. The Kier molecular flexibility index (Phi) is 8.43. The summed E-state index contributed by atoms with van der Waals surface area (Å²) in [4.78, 5) is 5.67. The SMILES string of the molecule is CC(C)(C)c1ccc(N2c3cc4c(cc3B3c5c2cc2ccccc2c5-c2cc(C(C)(C)C)cc5c2N3C2(C)CCCCC52C)oc2cc3c(cc24)C(C)(C)CCC3(C)C)c(-c2ccccc2)c1. The molecule has 0 bridgehead atoms. The maximum Gasteiger partial charge on any atom is 0.329 e. The molecule has 3 nitrogen and oxygen atoms in total. The van der Waals surface area contributed by atoms with Gasteiger partial charge in [-0.1, -0.05) is 156 Å². The highest BCUT2D eigenvalue weighted by Gasteiger charge is 2.63. The zero-order valence-corrected chi connectivity index (χ0v) is 42.6. The molecular formula is C64H67BN2O. The van der Waals surface area contributed by atoms with Gasteiger partial charge in [-0.15, -0.1) is 0 Å². The summed E-state index contributed by atoms with van der Waals surface area (Å²) in [6.07, 6.45) is 7.19. The van der Waals surface area contributed by atoms with Gasteiger partial charge in [0, 0.05) is 49.9 Å². The molecule has 2 unspecified atom stereocenters. The van der Waals surface area contributed by atoms with Gasteiger partial charge < -0.3 is 14.1 Å². The molecule has 0 radical (unpaired) electrons. The van der Waals surface area contributed by atoms with Gasteiger partial charge in [-0.2, -0.15) is 0 Å². The fourth-order valence-electron chi connectivity index (χ4n) is 14.2. The minimum absolute atomic E-state index is 0.0166. The van der Waals surface area contributed by atoms with Gasteiger partial charge in [-0.25, -0.2) is 0 Å². The van der Waals surface area contributed by atoms with Crippen LogP contribution in [0.2, 0.25) is 0 Å². The van der Waals surface area contributed by atoms with E-state index in [4.69, 9.17) is 4.42 Å². The summed E-state index contributed by atoms with van der Waals surface area (Å²) in [6, 6.07) is 45.5. The minimum atomic E-state index is -0.105. The van der Waals surface area contributed by atoms with Gasteiger partial charge in [0.15, 0.2) is 0 Å². The molecule has 2 aliphatic carbocycles. The van der Waals surface area contributed by atoms with Gasteiger partial charge in [0.1, 0.15) is 11.2 Å². The normalized spacial score (nSPS) is 22.0. The highest BCUT2D eigenvalue weighted by atomic mass is 16.3. The van der Waals surface area contributed by atoms with Crippen LogP contribution in [0.1, 0.15) is 149 Å². The van der Waals surface area contributed by atoms with Gasteiger partial charge in [-0.3, -0.25) is 0 Å². The Balaban J connectivity index is 1.20. The molecule has 4 heterocycles. The lowest BCUT2D eigenvalue weighted by Crippen LogP contribution is -2.70. The topological polar surface area (TPSA) is 19.6 Å². The average molecular weight is 891 g/mol. The third-order valence-electron chi connectivity index (χ3n) is 18.5. The van der Waals surface area contributed by atoms with Crippen molar-refractivity contribution in [3.63, 3.8) is 0 Å².